The largest absolute Gasteiger partial charge is 0.506 e. The maximum absolute atomic E-state index is 11.1. The minimum Gasteiger partial charge on any atom is -0.506 e. The van der Waals surface area contributed by atoms with E-state index in [9.17, 15) is 15.2 Å². The average molecular weight is 377 g/mol. The van der Waals surface area contributed by atoms with E-state index in [0.717, 1.165) is 23.6 Å². The van der Waals surface area contributed by atoms with Crippen molar-refractivity contribution in [3.63, 3.8) is 0 Å². The van der Waals surface area contributed by atoms with Gasteiger partial charge in [0.05, 0.1) is 22.7 Å². The summed E-state index contributed by atoms with van der Waals surface area (Å²) in [7, 11) is 0. The lowest BCUT2D eigenvalue weighted by Gasteiger charge is -2.38. The van der Waals surface area contributed by atoms with E-state index in [0.29, 0.717) is 15.7 Å². The molecule has 3 unspecified atom stereocenters. The lowest BCUT2D eigenvalue weighted by molar-refractivity contribution is -0.385. The molecule has 0 radical (unpaired) electrons. The van der Waals surface area contributed by atoms with E-state index < -0.39 is 4.92 Å². The van der Waals surface area contributed by atoms with Crippen molar-refractivity contribution >= 4 is 34.6 Å². The monoisotopic (exact) mass is 376 g/mol. The molecule has 4 rings (SSSR count). The zero-order valence-electron chi connectivity index (χ0n) is 12.9. The zero-order chi connectivity index (χ0) is 17.7. The van der Waals surface area contributed by atoms with E-state index in [2.05, 4.69) is 11.4 Å². The Bertz CT molecular complexity index is 893. The molecule has 1 aliphatic heterocycles. The first kappa shape index (κ1) is 16.2. The summed E-state index contributed by atoms with van der Waals surface area (Å²) >= 11 is 12.8. The van der Waals surface area contributed by atoms with E-state index in [1.54, 1.807) is 18.2 Å². The van der Waals surface area contributed by atoms with Crippen LogP contribution >= 0.6 is 23.2 Å². The van der Waals surface area contributed by atoms with Crippen LogP contribution in [0.2, 0.25) is 10.0 Å². The molecule has 0 aromatic heterocycles. The Hall–Kier alpha value is -2.24. The van der Waals surface area contributed by atoms with Crippen LogP contribution in [0.3, 0.4) is 0 Å². The van der Waals surface area contributed by atoms with Crippen LogP contribution in [0.25, 0.3) is 0 Å². The molecule has 1 aliphatic carbocycles. The Kier molecular flexibility index (Phi) is 3.85. The number of hydrogen-bond acceptors (Lipinski definition) is 4. The second-order valence-corrected chi connectivity index (χ2v) is 7.11. The van der Waals surface area contributed by atoms with Crippen LogP contribution in [0.5, 0.6) is 5.75 Å². The third-order valence-electron chi connectivity index (χ3n) is 4.95. The third-order valence-corrected chi connectivity index (χ3v) is 5.61. The maximum Gasteiger partial charge on any atom is 0.273 e. The molecule has 0 fully saturated rings. The van der Waals surface area contributed by atoms with Crippen LogP contribution in [0.15, 0.2) is 42.5 Å². The van der Waals surface area contributed by atoms with Crippen molar-refractivity contribution in [3.8, 4) is 5.75 Å². The highest BCUT2D eigenvalue weighted by atomic mass is 35.5. The number of nitrogens with one attached hydrogen (secondary N) is 1. The number of aromatic hydroxyl groups is 1. The summed E-state index contributed by atoms with van der Waals surface area (Å²) in [5, 5.41) is 25.9. The number of nitro benzene ring substituents is 1. The van der Waals surface area contributed by atoms with Crippen LogP contribution in [-0.2, 0) is 0 Å². The molecule has 0 spiro atoms. The first-order valence-corrected chi connectivity index (χ1v) is 8.61. The zero-order valence-corrected chi connectivity index (χ0v) is 14.5. The molecule has 3 atom stereocenters. The number of hydrogen-bond donors (Lipinski definition) is 2. The van der Waals surface area contributed by atoms with Crippen molar-refractivity contribution in [1.82, 2.24) is 0 Å². The summed E-state index contributed by atoms with van der Waals surface area (Å²) in [6, 6.07) is 7.85. The normalized spacial score (nSPS) is 23.7. The molecule has 2 N–H and O–H groups in total. The van der Waals surface area contributed by atoms with Crippen molar-refractivity contribution in [2.24, 2.45) is 5.92 Å². The van der Waals surface area contributed by atoms with Gasteiger partial charge in [0.25, 0.3) is 5.69 Å². The fourth-order valence-corrected chi connectivity index (χ4v) is 4.50. The minimum atomic E-state index is -0.495. The lowest BCUT2D eigenvalue weighted by Crippen LogP contribution is -2.29. The number of nitrogens with zero attached hydrogens (tertiary/aromatic N) is 1. The number of fused-ring (bicyclic) bond motifs is 3. The van der Waals surface area contributed by atoms with Gasteiger partial charge < -0.3 is 10.4 Å². The number of phenolic OH excluding ortho intramolecular Hbond substituents is 1. The van der Waals surface area contributed by atoms with Gasteiger partial charge in [0.2, 0.25) is 0 Å². The molecule has 2 aromatic carbocycles. The quantitative estimate of drug-likeness (QED) is 0.317. The SMILES string of the molecule is O=[N+]([O-])c1cc(O)c2c(c1)C1C=CCC1C(c1c(Cl)cccc1Cl)N2. The molecule has 128 valence electrons. The van der Waals surface area contributed by atoms with Gasteiger partial charge in [-0.2, -0.15) is 0 Å². The summed E-state index contributed by atoms with van der Waals surface area (Å²) in [5.41, 5.74) is 1.89. The van der Waals surface area contributed by atoms with Gasteiger partial charge in [0.15, 0.2) is 0 Å². The number of nitro groups is 1. The topological polar surface area (TPSA) is 75.4 Å². The summed E-state index contributed by atoms with van der Waals surface area (Å²) in [6.45, 7) is 0. The highest BCUT2D eigenvalue weighted by Gasteiger charge is 2.41. The Morgan fingerprint density at radius 1 is 1.24 bits per heavy atom. The molecule has 7 heteroatoms. The van der Waals surface area contributed by atoms with Crippen molar-refractivity contribution in [1.29, 1.82) is 0 Å². The van der Waals surface area contributed by atoms with Crippen molar-refractivity contribution in [3.05, 3.63) is 73.8 Å². The fraction of sp³-hybridized carbons (Fsp3) is 0.222. The smallest absolute Gasteiger partial charge is 0.273 e. The molecule has 2 aliphatic rings. The molecule has 0 saturated carbocycles. The molecule has 0 bridgehead atoms. The number of rotatable bonds is 2. The Morgan fingerprint density at radius 2 is 1.96 bits per heavy atom. The van der Waals surface area contributed by atoms with E-state index in [1.165, 1.54) is 6.07 Å². The van der Waals surface area contributed by atoms with Gasteiger partial charge in [-0.3, -0.25) is 10.1 Å². The predicted octanol–water partition coefficient (Wildman–Crippen LogP) is 5.43. The van der Waals surface area contributed by atoms with E-state index in [-0.39, 0.29) is 29.3 Å². The summed E-state index contributed by atoms with van der Waals surface area (Å²) in [4.78, 5) is 10.6. The summed E-state index contributed by atoms with van der Waals surface area (Å²) in [5.74, 6) is -0.0678. The Labute approximate surface area is 154 Å². The first-order valence-electron chi connectivity index (χ1n) is 7.85. The molecule has 25 heavy (non-hydrogen) atoms. The van der Waals surface area contributed by atoms with Crippen LogP contribution in [-0.4, -0.2) is 10.0 Å². The fourth-order valence-electron chi connectivity index (χ4n) is 3.86. The number of anilines is 1. The molecule has 0 saturated heterocycles. The van der Waals surface area contributed by atoms with Gasteiger partial charge >= 0.3 is 0 Å². The van der Waals surface area contributed by atoms with Gasteiger partial charge in [0, 0.05) is 27.6 Å². The van der Waals surface area contributed by atoms with Gasteiger partial charge in [-0.25, -0.2) is 0 Å². The number of non-ortho nitro benzene ring substituents is 1. The van der Waals surface area contributed by atoms with Crippen molar-refractivity contribution in [2.45, 2.75) is 18.4 Å². The van der Waals surface area contributed by atoms with Crippen molar-refractivity contribution < 1.29 is 10.0 Å². The number of halogens is 2. The van der Waals surface area contributed by atoms with Gasteiger partial charge in [-0.15, -0.1) is 0 Å². The summed E-state index contributed by atoms with van der Waals surface area (Å²) < 4.78 is 0. The van der Waals surface area contributed by atoms with Crippen molar-refractivity contribution in [2.75, 3.05) is 5.32 Å². The van der Waals surface area contributed by atoms with E-state index >= 15 is 0 Å². The first-order chi connectivity index (χ1) is 12.0. The van der Waals surface area contributed by atoms with Gasteiger partial charge in [0.1, 0.15) is 5.75 Å². The second-order valence-electron chi connectivity index (χ2n) is 6.30. The van der Waals surface area contributed by atoms with Gasteiger partial charge in [-0.1, -0.05) is 41.4 Å². The van der Waals surface area contributed by atoms with E-state index in [4.69, 9.17) is 23.2 Å². The predicted molar refractivity (Wildman–Crippen MR) is 97.6 cm³/mol. The molecule has 1 heterocycles. The van der Waals surface area contributed by atoms with Crippen LogP contribution in [0.4, 0.5) is 11.4 Å². The Balaban J connectivity index is 1.88. The van der Waals surface area contributed by atoms with Crippen LogP contribution in [0, 0.1) is 16.0 Å². The summed E-state index contributed by atoms with van der Waals surface area (Å²) in [6.07, 6.45) is 4.89. The third kappa shape index (κ3) is 2.55. The van der Waals surface area contributed by atoms with Crippen LogP contribution in [0.1, 0.15) is 29.5 Å². The molecule has 2 aromatic rings. The second kappa shape index (κ2) is 5.93. The lowest BCUT2D eigenvalue weighted by atomic mass is 9.76. The molecule has 5 nitrogen and oxygen atoms in total. The molecular formula is C18H14Cl2N2O3. The molecule has 0 amide bonds. The highest BCUT2D eigenvalue weighted by Crippen LogP contribution is 2.54. The van der Waals surface area contributed by atoms with Gasteiger partial charge in [-0.05, 0) is 30.0 Å². The maximum atomic E-state index is 11.1. The number of phenols is 1. The van der Waals surface area contributed by atoms with E-state index in [1.807, 2.05) is 6.08 Å². The standard InChI is InChI=1S/C18H14Cl2N2O3/c19-13-5-2-6-14(20)16(13)18-11-4-1-3-10(11)12-7-9(22(24)25)8-15(23)17(12)21-18/h1-3,5-8,10-11,18,21,23H,4H2. The van der Waals surface area contributed by atoms with Crippen LogP contribution < -0.4 is 5.32 Å². The average Bonchev–Trinajstić information content (AvgIpc) is 3.05. The number of benzene rings is 2. The highest BCUT2D eigenvalue weighted by molar-refractivity contribution is 6.36. The Morgan fingerprint density at radius 3 is 2.64 bits per heavy atom. The molecular weight excluding hydrogens is 363 g/mol. The number of allylic oxidation sites excluding steroid dienone is 2. The minimum absolute atomic E-state index is 0.0422.